The zero-order valence-electron chi connectivity index (χ0n) is 11.9. The lowest BCUT2D eigenvalue weighted by molar-refractivity contribution is 0.0598. The van der Waals surface area contributed by atoms with Crippen LogP contribution >= 0.6 is 0 Å². The molecule has 0 radical (unpaired) electrons. The highest BCUT2D eigenvalue weighted by Gasteiger charge is 2.15. The third-order valence-corrected chi connectivity index (χ3v) is 4.19. The van der Waals surface area contributed by atoms with E-state index in [4.69, 9.17) is 4.74 Å². The minimum absolute atomic E-state index is 0.0383. The molecule has 0 aliphatic rings. The third kappa shape index (κ3) is 5.43. The molecule has 2 N–H and O–H groups in total. The Morgan fingerprint density at radius 3 is 2.43 bits per heavy atom. The maximum absolute atomic E-state index is 12.0. The number of esters is 1. The van der Waals surface area contributed by atoms with Crippen LogP contribution < -0.4 is 4.72 Å². The molecule has 1 aromatic rings. The van der Waals surface area contributed by atoms with Gasteiger partial charge in [0.15, 0.2) is 0 Å². The molecule has 0 aliphatic carbocycles. The Bertz CT molecular complexity index is 555. The van der Waals surface area contributed by atoms with Gasteiger partial charge in [-0.25, -0.2) is 17.9 Å². The minimum atomic E-state index is -3.67. The summed E-state index contributed by atoms with van der Waals surface area (Å²) in [7, 11) is -0.970. The Kier molecular flexibility index (Phi) is 6.76. The quantitative estimate of drug-likeness (QED) is 0.662. The number of aliphatic hydroxyl groups is 1. The number of aliphatic hydroxyl groups excluding tert-OH is 1. The lowest BCUT2D eigenvalue weighted by atomic mass is 10.2. The molecule has 21 heavy (non-hydrogen) atoms. The summed E-state index contributed by atoms with van der Waals surface area (Å²) in [6.07, 6.45) is -0.479. The van der Waals surface area contributed by atoms with Gasteiger partial charge in [-0.3, -0.25) is 0 Å². The second-order valence-electron chi connectivity index (χ2n) is 4.31. The zero-order valence-corrected chi connectivity index (χ0v) is 12.7. The molecule has 1 rings (SSSR count). The molecular formula is C13H19NO6S. The van der Waals surface area contributed by atoms with Gasteiger partial charge in [-0.05, 0) is 30.7 Å². The number of carbonyl (C=O) groups excluding carboxylic acids is 1. The molecule has 0 spiro atoms. The number of nitrogens with one attached hydrogen (secondary N) is 1. The second kappa shape index (κ2) is 8.08. The summed E-state index contributed by atoms with van der Waals surface area (Å²) in [5, 5.41) is 9.43. The standard InChI is InChI=1S/C13H19NO6S/c1-19-9-11(15)7-8-14-21(17,18)12-5-3-10(4-6-12)13(16)20-2/h3-6,11,14-15H,7-9H2,1-2H3. The maximum Gasteiger partial charge on any atom is 0.337 e. The molecule has 0 fully saturated rings. The van der Waals surface area contributed by atoms with Crippen molar-refractivity contribution >= 4 is 16.0 Å². The molecule has 0 saturated heterocycles. The van der Waals surface area contributed by atoms with E-state index in [1.165, 1.54) is 38.5 Å². The van der Waals surface area contributed by atoms with Crippen molar-refractivity contribution in [3.8, 4) is 0 Å². The van der Waals surface area contributed by atoms with Crippen LogP contribution in [0.15, 0.2) is 29.2 Å². The molecule has 0 amide bonds. The zero-order chi connectivity index (χ0) is 15.9. The first-order valence-corrected chi connectivity index (χ1v) is 7.74. The van der Waals surface area contributed by atoms with Crippen LogP contribution in [0.25, 0.3) is 0 Å². The van der Waals surface area contributed by atoms with Crippen LogP contribution in [0, 0.1) is 0 Å². The van der Waals surface area contributed by atoms with Gasteiger partial charge >= 0.3 is 5.97 Å². The summed E-state index contributed by atoms with van der Waals surface area (Å²) in [5.41, 5.74) is 0.270. The van der Waals surface area contributed by atoms with E-state index < -0.39 is 22.1 Å². The van der Waals surface area contributed by atoms with Crippen molar-refractivity contribution in [3.05, 3.63) is 29.8 Å². The summed E-state index contributed by atoms with van der Waals surface area (Å²) >= 11 is 0. The number of benzene rings is 1. The average Bonchev–Trinajstić information content (AvgIpc) is 2.46. The van der Waals surface area contributed by atoms with Gasteiger partial charge < -0.3 is 14.6 Å². The first-order chi connectivity index (χ1) is 9.90. The minimum Gasteiger partial charge on any atom is -0.465 e. The van der Waals surface area contributed by atoms with Crippen molar-refractivity contribution in [2.24, 2.45) is 0 Å². The smallest absolute Gasteiger partial charge is 0.337 e. The van der Waals surface area contributed by atoms with E-state index >= 15 is 0 Å². The SMILES string of the molecule is COCC(O)CCNS(=O)(=O)c1ccc(C(=O)OC)cc1. The van der Waals surface area contributed by atoms with Crippen LogP contribution in [0.4, 0.5) is 0 Å². The van der Waals surface area contributed by atoms with Gasteiger partial charge in [0.1, 0.15) is 0 Å². The monoisotopic (exact) mass is 317 g/mol. The van der Waals surface area contributed by atoms with Gasteiger partial charge in [-0.1, -0.05) is 0 Å². The number of rotatable bonds is 8. The van der Waals surface area contributed by atoms with Crippen molar-refractivity contribution in [1.82, 2.24) is 4.72 Å². The lowest BCUT2D eigenvalue weighted by Crippen LogP contribution is -2.28. The first-order valence-electron chi connectivity index (χ1n) is 6.25. The van der Waals surface area contributed by atoms with Gasteiger partial charge in [0.25, 0.3) is 0 Å². The number of carbonyl (C=O) groups is 1. The second-order valence-corrected chi connectivity index (χ2v) is 6.08. The van der Waals surface area contributed by atoms with E-state index in [2.05, 4.69) is 9.46 Å². The Morgan fingerprint density at radius 1 is 1.29 bits per heavy atom. The normalized spacial score (nSPS) is 12.9. The van der Waals surface area contributed by atoms with E-state index in [0.717, 1.165) is 0 Å². The molecule has 1 aromatic carbocycles. The topological polar surface area (TPSA) is 102 Å². The number of hydrogen-bond acceptors (Lipinski definition) is 6. The van der Waals surface area contributed by atoms with Crippen LogP contribution in [-0.4, -0.2) is 53.0 Å². The fourth-order valence-electron chi connectivity index (χ4n) is 1.61. The number of hydrogen-bond donors (Lipinski definition) is 2. The van der Waals surface area contributed by atoms with Crippen LogP contribution in [-0.2, 0) is 19.5 Å². The maximum atomic E-state index is 12.0. The summed E-state index contributed by atoms with van der Waals surface area (Å²) in [5.74, 6) is -0.533. The molecule has 0 saturated carbocycles. The van der Waals surface area contributed by atoms with Crippen LogP contribution in [0.5, 0.6) is 0 Å². The Labute approximate surface area is 123 Å². The van der Waals surface area contributed by atoms with Gasteiger partial charge in [0.05, 0.1) is 30.3 Å². The van der Waals surface area contributed by atoms with E-state index in [0.29, 0.717) is 0 Å². The molecule has 1 unspecified atom stereocenters. The predicted molar refractivity (Wildman–Crippen MR) is 75.5 cm³/mol. The van der Waals surface area contributed by atoms with Gasteiger partial charge in [0.2, 0.25) is 10.0 Å². The molecule has 0 bridgehead atoms. The first kappa shape index (κ1) is 17.6. The Morgan fingerprint density at radius 2 is 1.90 bits per heavy atom. The van der Waals surface area contributed by atoms with Crippen molar-refractivity contribution in [3.63, 3.8) is 0 Å². The summed E-state index contributed by atoms with van der Waals surface area (Å²) < 4.78 is 35.6. The summed E-state index contributed by atoms with van der Waals surface area (Å²) in [4.78, 5) is 11.3. The van der Waals surface area contributed by atoms with Crippen LogP contribution in [0.3, 0.4) is 0 Å². The highest BCUT2D eigenvalue weighted by molar-refractivity contribution is 7.89. The van der Waals surface area contributed by atoms with E-state index in [1.807, 2.05) is 0 Å². The molecule has 0 aliphatic heterocycles. The van der Waals surface area contributed by atoms with Crippen molar-refractivity contribution in [2.45, 2.75) is 17.4 Å². The molecule has 0 aromatic heterocycles. The number of methoxy groups -OCH3 is 2. The fourth-order valence-corrected chi connectivity index (χ4v) is 2.65. The molecule has 0 heterocycles. The number of sulfonamides is 1. The number of ether oxygens (including phenoxy) is 2. The largest absolute Gasteiger partial charge is 0.465 e. The molecule has 1 atom stereocenters. The highest BCUT2D eigenvalue weighted by atomic mass is 32.2. The van der Waals surface area contributed by atoms with Crippen molar-refractivity contribution in [2.75, 3.05) is 27.4 Å². The Balaban J connectivity index is 2.64. The highest BCUT2D eigenvalue weighted by Crippen LogP contribution is 2.11. The molecule has 8 heteroatoms. The van der Waals surface area contributed by atoms with E-state index in [9.17, 15) is 18.3 Å². The van der Waals surface area contributed by atoms with Crippen LogP contribution in [0.2, 0.25) is 0 Å². The fraction of sp³-hybridized carbons (Fsp3) is 0.462. The van der Waals surface area contributed by atoms with Gasteiger partial charge in [0, 0.05) is 13.7 Å². The van der Waals surface area contributed by atoms with E-state index in [-0.39, 0.29) is 30.0 Å². The lowest BCUT2D eigenvalue weighted by Gasteiger charge is -2.10. The van der Waals surface area contributed by atoms with Crippen molar-refractivity contribution in [1.29, 1.82) is 0 Å². The summed E-state index contributed by atoms with van der Waals surface area (Å²) in [6, 6.07) is 5.39. The van der Waals surface area contributed by atoms with Gasteiger partial charge in [-0.2, -0.15) is 0 Å². The van der Waals surface area contributed by atoms with Crippen molar-refractivity contribution < 1.29 is 27.8 Å². The third-order valence-electron chi connectivity index (χ3n) is 2.71. The van der Waals surface area contributed by atoms with Crippen LogP contribution in [0.1, 0.15) is 16.8 Å². The van der Waals surface area contributed by atoms with Gasteiger partial charge in [-0.15, -0.1) is 0 Å². The molecule has 118 valence electrons. The molecular weight excluding hydrogens is 298 g/mol. The molecule has 7 nitrogen and oxygen atoms in total. The Hall–Kier alpha value is -1.48. The summed E-state index contributed by atoms with van der Waals surface area (Å²) in [6.45, 7) is 0.237. The van der Waals surface area contributed by atoms with E-state index in [1.54, 1.807) is 0 Å². The average molecular weight is 317 g/mol. The predicted octanol–water partition coefficient (Wildman–Crippen LogP) is 0.149.